The van der Waals surface area contributed by atoms with Crippen molar-refractivity contribution >= 4 is 17.4 Å². The maximum Gasteiger partial charge on any atom is 0.208 e. The molecule has 0 saturated heterocycles. The first-order chi connectivity index (χ1) is 12.5. The molecule has 1 fully saturated rings. The van der Waals surface area contributed by atoms with E-state index >= 15 is 0 Å². The Labute approximate surface area is 160 Å². The number of aryl methyl sites for hydroxylation is 1. The number of nitrogens with zero attached hydrogens (tertiary/aromatic N) is 3. The van der Waals surface area contributed by atoms with Crippen LogP contribution >= 0.6 is 11.6 Å². The van der Waals surface area contributed by atoms with Gasteiger partial charge in [0.2, 0.25) is 5.82 Å². The van der Waals surface area contributed by atoms with Gasteiger partial charge in [-0.05, 0) is 42.9 Å². The van der Waals surface area contributed by atoms with E-state index in [9.17, 15) is 4.79 Å². The summed E-state index contributed by atoms with van der Waals surface area (Å²) in [6.45, 7) is 6.07. The lowest BCUT2D eigenvalue weighted by Gasteiger charge is -2.08. The number of Topliss-reactive ketones (excluding diaryl/α,β-unsaturated/α-hetero) is 1. The number of carbonyl (C=O) groups excluding carboxylic acids is 1. The van der Waals surface area contributed by atoms with Gasteiger partial charge in [-0.2, -0.15) is 0 Å². The summed E-state index contributed by atoms with van der Waals surface area (Å²) in [4.78, 5) is 12.4. The predicted molar refractivity (Wildman–Crippen MR) is 103 cm³/mol. The van der Waals surface area contributed by atoms with Crippen molar-refractivity contribution < 1.29 is 4.79 Å². The second-order valence-corrected chi connectivity index (χ2v) is 7.61. The van der Waals surface area contributed by atoms with Crippen molar-refractivity contribution in [3.63, 3.8) is 0 Å². The van der Waals surface area contributed by atoms with E-state index in [1.165, 1.54) is 0 Å². The Morgan fingerprint density at radius 1 is 1.35 bits per heavy atom. The van der Waals surface area contributed by atoms with Gasteiger partial charge in [0.15, 0.2) is 0 Å². The molecule has 1 aromatic carbocycles. The zero-order valence-electron chi connectivity index (χ0n) is 15.6. The van der Waals surface area contributed by atoms with E-state index in [1.54, 1.807) is 0 Å². The Bertz CT molecular complexity index is 869. The first-order valence-corrected chi connectivity index (χ1v) is 9.54. The van der Waals surface area contributed by atoms with Crippen molar-refractivity contribution in [2.75, 3.05) is 0 Å². The molecule has 0 bridgehead atoms. The Morgan fingerprint density at radius 2 is 2.12 bits per heavy atom. The lowest BCUT2D eigenvalue weighted by molar-refractivity contribution is -0.118. The fourth-order valence-corrected chi connectivity index (χ4v) is 3.09. The van der Waals surface area contributed by atoms with Gasteiger partial charge < -0.3 is 4.57 Å². The van der Waals surface area contributed by atoms with Gasteiger partial charge in [0, 0.05) is 36.2 Å². The molecule has 26 heavy (non-hydrogen) atoms. The lowest BCUT2D eigenvalue weighted by Crippen LogP contribution is -2.10. The van der Waals surface area contributed by atoms with E-state index < -0.39 is 0 Å². The zero-order valence-corrected chi connectivity index (χ0v) is 16.3. The highest BCUT2D eigenvalue weighted by atomic mass is 35.5. The molecule has 0 spiro atoms. The largest absolute Gasteiger partial charge is 0.301 e. The third kappa shape index (κ3) is 4.53. The van der Waals surface area contributed by atoms with Gasteiger partial charge in [0.05, 0.1) is 0 Å². The maximum absolute atomic E-state index is 12.4. The average molecular weight is 370 g/mol. The first kappa shape index (κ1) is 18.7. The number of aromatic nitrogens is 3. The van der Waals surface area contributed by atoms with Crippen LogP contribution in [-0.2, 0) is 17.6 Å². The van der Waals surface area contributed by atoms with Gasteiger partial charge >= 0.3 is 0 Å². The molecule has 3 rings (SSSR count). The van der Waals surface area contributed by atoms with Gasteiger partial charge in [0.1, 0.15) is 11.6 Å². The molecule has 0 unspecified atom stereocenters. The molecule has 0 N–H and O–H groups in total. The number of benzene rings is 1. The average Bonchev–Trinajstić information content (AvgIpc) is 3.35. The number of rotatable bonds is 6. The van der Waals surface area contributed by atoms with Crippen LogP contribution in [-0.4, -0.2) is 20.5 Å². The summed E-state index contributed by atoms with van der Waals surface area (Å²) < 4.78 is 2.13. The van der Waals surface area contributed by atoms with Crippen LogP contribution in [0.25, 0.3) is 0 Å². The van der Waals surface area contributed by atoms with Crippen molar-refractivity contribution in [3.8, 4) is 11.8 Å². The van der Waals surface area contributed by atoms with Gasteiger partial charge in [-0.1, -0.05) is 43.5 Å². The topological polar surface area (TPSA) is 47.8 Å². The molecule has 136 valence electrons. The van der Waals surface area contributed by atoms with E-state index in [0.29, 0.717) is 36.2 Å². The van der Waals surface area contributed by atoms with Crippen molar-refractivity contribution in [2.24, 2.45) is 5.92 Å². The van der Waals surface area contributed by atoms with Crippen LogP contribution in [0, 0.1) is 24.7 Å². The minimum atomic E-state index is 0.190. The Kier molecular flexibility index (Phi) is 5.78. The van der Waals surface area contributed by atoms with Gasteiger partial charge in [-0.3, -0.25) is 4.79 Å². The van der Waals surface area contributed by atoms with Gasteiger partial charge in [0.25, 0.3) is 0 Å². The van der Waals surface area contributed by atoms with E-state index in [-0.39, 0.29) is 5.78 Å². The second kappa shape index (κ2) is 8.05. The first-order valence-electron chi connectivity index (χ1n) is 9.16. The fourth-order valence-electron chi connectivity index (χ4n) is 2.90. The Morgan fingerprint density at radius 3 is 2.81 bits per heavy atom. The number of carbonyl (C=O) groups is 1. The molecular weight excluding hydrogens is 346 g/mol. The normalized spacial score (nSPS) is 13.6. The SMILES string of the molecule is Cc1c(Cl)cccc1CC(=O)CCc1nnc(C#CC(C)C)n1C1CC1. The Balaban J connectivity index is 1.67. The molecule has 1 aromatic heterocycles. The molecule has 1 aliphatic carbocycles. The molecule has 0 amide bonds. The smallest absolute Gasteiger partial charge is 0.208 e. The standard InChI is InChI=1S/C21H24ClN3O/c1-14(2)7-11-20-23-24-21(25(20)17-8-9-17)12-10-18(26)13-16-5-4-6-19(22)15(16)3/h4-6,14,17H,8-10,12-13H2,1-3H3. The van der Waals surface area contributed by atoms with Gasteiger partial charge in [-0.25, -0.2) is 0 Å². The molecule has 2 aromatic rings. The van der Waals surface area contributed by atoms with Crippen LogP contribution in [0.15, 0.2) is 18.2 Å². The number of hydrogen-bond acceptors (Lipinski definition) is 3. The van der Waals surface area contributed by atoms with Crippen molar-refractivity contribution in [2.45, 2.75) is 58.9 Å². The molecule has 1 heterocycles. The van der Waals surface area contributed by atoms with E-state index in [0.717, 1.165) is 35.6 Å². The number of hydrogen-bond donors (Lipinski definition) is 0. The third-order valence-corrected chi connectivity index (χ3v) is 4.96. The summed E-state index contributed by atoms with van der Waals surface area (Å²) in [6, 6.07) is 6.15. The fraction of sp³-hybridized carbons (Fsp3) is 0.476. The molecule has 0 radical (unpaired) electrons. The summed E-state index contributed by atoms with van der Waals surface area (Å²) in [5.74, 6) is 8.38. The highest BCUT2D eigenvalue weighted by Crippen LogP contribution is 2.36. The minimum Gasteiger partial charge on any atom is -0.301 e. The van der Waals surface area contributed by atoms with Crippen molar-refractivity contribution in [3.05, 3.63) is 46.0 Å². The molecule has 1 saturated carbocycles. The summed E-state index contributed by atoms with van der Waals surface area (Å²) in [6.07, 6.45) is 3.73. The Hall–Kier alpha value is -2.12. The van der Waals surface area contributed by atoms with Gasteiger partial charge in [-0.15, -0.1) is 10.2 Å². The monoisotopic (exact) mass is 369 g/mol. The van der Waals surface area contributed by atoms with Crippen LogP contribution in [0.3, 0.4) is 0 Å². The van der Waals surface area contributed by atoms with E-state index in [4.69, 9.17) is 11.6 Å². The highest BCUT2D eigenvalue weighted by molar-refractivity contribution is 6.31. The summed E-state index contributed by atoms with van der Waals surface area (Å²) in [7, 11) is 0. The number of ketones is 1. The van der Waals surface area contributed by atoms with Crippen LogP contribution < -0.4 is 0 Å². The van der Waals surface area contributed by atoms with Crippen molar-refractivity contribution in [1.29, 1.82) is 0 Å². The quantitative estimate of drug-likeness (QED) is 0.712. The molecule has 1 aliphatic rings. The molecular formula is C21H24ClN3O. The van der Waals surface area contributed by atoms with E-state index in [2.05, 4.69) is 40.5 Å². The van der Waals surface area contributed by atoms with Crippen LogP contribution in [0.4, 0.5) is 0 Å². The third-order valence-electron chi connectivity index (χ3n) is 4.55. The predicted octanol–water partition coefficient (Wildman–Crippen LogP) is 4.33. The lowest BCUT2D eigenvalue weighted by atomic mass is 10.0. The molecule has 5 heteroatoms. The maximum atomic E-state index is 12.4. The zero-order chi connectivity index (χ0) is 18.7. The van der Waals surface area contributed by atoms with Crippen LogP contribution in [0.2, 0.25) is 5.02 Å². The van der Waals surface area contributed by atoms with Crippen molar-refractivity contribution in [1.82, 2.24) is 14.8 Å². The summed E-state index contributed by atoms with van der Waals surface area (Å²) >= 11 is 6.14. The summed E-state index contributed by atoms with van der Waals surface area (Å²) in [5.41, 5.74) is 1.98. The second-order valence-electron chi connectivity index (χ2n) is 7.20. The number of halogens is 1. The van der Waals surface area contributed by atoms with E-state index in [1.807, 2.05) is 25.1 Å². The van der Waals surface area contributed by atoms with Crippen LogP contribution in [0.1, 0.15) is 61.9 Å². The highest BCUT2D eigenvalue weighted by Gasteiger charge is 2.29. The molecule has 0 aliphatic heterocycles. The minimum absolute atomic E-state index is 0.190. The molecule has 4 nitrogen and oxygen atoms in total. The summed E-state index contributed by atoms with van der Waals surface area (Å²) in [5, 5.41) is 9.26. The molecule has 0 atom stereocenters. The van der Waals surface area contributed by atoms with Crippen LogP contribution in [0.5, 0.6) is 0 Å².